The van der Waals surface area contributed by atoms with E-state index >= 15 is 0 Å². The molecule has 1 atom stereocenters. The van der Waals surface area contributed by atoms with Crippen molar-refractivity contribution in [3.8, 4) is 5.75 Å². The van der Waals surface area contributed by atoms with Crippen molar-refractivity contribution in [2.75, 3.05) is 12.4 Å². The number of hydrogen-bond acceptors (Lipinski definition) is 1. The molecule has 0 N–H and O–H groups in total. The molecule has 0 fully saturated rings. The van der Waals surface area contributed by atoms with Crippen LogP contribution in [-0.4, -0.2) is 12.4 Å². The van der Waals surface area contributed by atoms with Crippen LogP contribution < -0.4 is 4.74 Å². The van der Waals surface area contributed by atoms with Crippen molar-refractivity contribution in [1.29, 1.82) is 0 Å². The molecule has 0 aliphatic rings. The quantitative estimate of drug-likeness (QED) is 0.499. The van der Waals surface area contributed by atoms with E-state index in [2.05, 4.69) is 78.1 Å². The first-order valence-corrected chi connectivity index (χ1v) is 8.98. The van der Waals surface area contributed by atoms with Gasteiger partial charge in [0.15, 0.2) is 0 Å². The summed E-state index contributed by atoms with van der Waals surface area (Å²) in [6.07, 6.45) is 0.963. The van der Waals surface area contributed by atoms with E-state index in [1.54, 1.807) is 7.11 Å². The van der Waals surface area contributed by atoms with Crippen molar-refractivity contribution in [3.05, 3.63) is 62.5 Å². The summed E-state index contributed by atoms with van der Waals surface area (Å²) in [7, 11) is 1.70. The highest BCUT2D eigenvalue weighted by Gasteiger charge is 2.13. The molecule has 0 amide bonds. The number of hydrogen-bond donors (Lipinski definition) is 0. The highest BCUT2D eigenvalue weighted by molar-refractivity contribution is 9.10. The Balaban J connectivity index is 2.23. The molecule has 0 aromatic heterocycles. The average Bonchev–Trinajstić information content (AvgIpc) is 2.47. The van der Waals surface area contributed by atoms with Crippen LogP contribution in [0.15, 0.2) is 51.4 Å². The predicted molar refractivity (Wildman–Crippen MR) is 95.1 cm³/mol. The van der Waals surface area contributed by atoms with Gasteiger partial charge in [-0.25, -0.2) is 0 Å². The molecule has 20 heavy (non-hydrogen) atoms. The minimum atomic E-state index is 0.437. The Morgan fingerprint density at radius 3 is 2.35 bits per heavy atom. The van der Waals surface area contributed by atoms with E-state index in [0.717, 1.165) is 26.4 Å². The summed E-state index contributed by atoms with van der Waals surface area (Å²) in [4.78, 5) is 0. The van der Waals surface area contributed by atoms with Crippen LogP contribution in [0.3, 0.4) is 0 Å². The zero-order valence-corrected chi connectivity index (χ0v) is 15.8. The van der Waals surface area contributed by atoms with Gasteiger partial charge in [-0.1, -0.05) is 59.9 Å². The van der Waals surface area contributed by atoms with Crippen molar-refractivity contribution in [3.63, 3.8) is 0 Å². The first-order chi connectivity index (χ1) is 9.63. The molecule has 106 valence electrons. The molecular formula is C16H15Br3O. The molecule has 0 heterocycles. The monoisotopic (exact) mass is 460 g/mol. The Morgan fingerprint density at radius 1 is 1.05 bits per heavy atom. The van der Waals surface area contributed by atoms with Gasteiger partial charge in [-0.15, -0.1) is 0 Å². The highest BCUT2D eigenvalue weighted by Crippen LogP contribution is 2.30. The zero-order chi connectivity index (χ0) is 14.5. The van der Waals surface area contributed by atoms with E-state index in [1.807, 2.05) is 12.1 Å². The average molecular weight is 463 g/mol. The van der Waals surface area contributed by atoms with Gasteiger partial charge in [-0.2, -0.15) is 0 Å². The summed E-state index contributed by atoms with van der Waals surface area (Å²) >= 11 is 10.7. The smallest absolute Gasteiger partial charge is 0.119 e. The molecule has 2 aromatic carbocycles. The first kappa shape index (κ1) is 16.1. The summed E-state index contributed by atoms with van der Waals surface area (Å²) < 4.78 is 7.54. The van der Waals surface area contributed by atoms with Crippen LogP contribution in [0, 0.1) is 0 Å². The summed E-state index contributed by atoms with van der Waals surface area (Å²) in [5, 5.41) is 0.929. The second kappa shape index (κ2) is 7.62. The molecule has 0 spiro atoms. The van der Waals surface area contributed by atoms with Crippen molar-refractivity contribution in [2.24, 2.45) is 0 Å². The maximum Gasteiger partial charge on any atom is 0.119 e. The standard InChI is InChI=1S/C16H15Br3O/c1-20-15-6-7-16(19)12(9-15)8-13(10-17)11-2-4-14(18)5-3-11/h2-7,9,13H,8,10H2,1H3. The van der Waals surface area contributed by atoms with E-state index in [1.165, 1.54) is 11.1 Å². The van der Waals surface area contributed by atoms with Crippen LogP contribution in [0.4, 0.5) is 0 Å². The Bertz CT molecular complexity index is 566. The summed E-state index contributed by atoms with van der Waals surface area (Å²) in [6.45, 7) is 0. The number of benzene rings is 2. The molecule has 0 saturated heterocycles. The van der Waals surface area contributed by atoms with Gasteiger partial charge in [-0.05, 0) is 53.8 Å². The van der Waals surface area contributed by atoms with Gasteiger partial charge in [0, 0.05) is 14.3 Å². The van der Waals surface area contributed by atoms with Crippen molar-refractivity contribution >= 4 is 47.8 Å². The largest absolute Gasteiger partial charge is 0.497 e. The van der Waals surface area contributed by atoms with Gasteiger partial charge in [-0.3, -0.25) is 0 Å². The lowest BCUT2D eigenvalue weighted by Crippen LogP contribution is -2.05. The van der Waals surface area contributed by atoms with Gasteiger partial charge in [0.05, 0.1) is 7.11 Å². The van der Waals surface area contributed by atoms with Crippen molar-refractivity contribution < 1.29 is 4.74 Å². The Hall–Kier alpha value is -0.320. The fourth-order valence-electron chi connectivity index (χ4n) is 2.10. The molecule has 2 rings (SSSR count). The molecule has 0 aliphatic heterocycles. The maximum atomic E-state index is 5.31. The molecule has 0 bridgehead atoms. The lowest BCUT2D eigenvalue weighted by Gasteiger charge is -2.16. The fourth-order valence-corrected chi connectivity index (χ4v) is 3.37. The number of ether oxygens (including phenoxy) is 1. The molecule has 0 aliphatic carbocycles. The summed E-state index contributed by atoms with van der Waals surface area (Å²) in [6, 6.07) is 14.6. The number of halogens is 3. The number of rotatable bonds is 5. The molecule has 2 aromatic rings. The van der Waals surface area contributed by atoms with Crippen LogP contribution in [0.1, 0.15) is 17.0 Å². The third-order valence-electron chi connectivity index (χ3n) is 3.25. The molecular weight excluding hydrogens is 448 g/mol. The molecule has 0 saturated carbocycles. The molecule has 1 nitrogen and oxygen atoms in total. The third kappa shape index (κ3) is 4.09. The minimum absolute atomic E-state index is 0.437. The SMILES string of the molecule is COc1ccc(Br)c(CC(CBr)c2ccc(Br)cc2)c1. The van der Waals surface area contributed by atoms with Crippen LogP contribution >= 0.6 is 47.8 Å². The number of alkyl halides is 1. The normalized spacial score (nSPS) is 12.2. The molecule has 1 unspecified atom stereocenters. The Labute approximate surface area is 145 Å². The Morgan fingerprint density at radius 2 is 1.75 bits per heavy atom. The van der Waals surface area contributed by atoms with Gasteiger partial charge in [0.2, 0.25) is 0 Å². The molecule has 0 radical (unpaired) electrons. The van der Waals surface area contributed by atoms with E-state index in [0.29, 0.717) is 5.92 Å². The predicted octanol–water partition coefficient (Wildman–Crippen LogP) is 5.94. The minimum Gasteiger partial charge on any atom is -0.497 e. The van der Waals surface area contributed by atoms with Crippen LogP contribution in [0.2, 0.25) is 0 Å². The fraction of sp³-hybridized carbons (Fsp3) is 0.250. The Kier molecular flexibility index (Phi) is 6.12. The van der Waals surface area contributed by atoms with Gasteiger partial charge < -0.3 is 4.74 Å². The summed E-state index contributed by atoms with van der Waals surface area (Å²) in [5.74, 6) is 1.33. The van der Waals surface area contributed by atoms with E-state index in [-0.39, 0.29) is 0 Å². The van der Waals surface area contributed by atoms with Gasteiger partial charge in [0.1, 0.15) is 5.75 Å². The van der Waals surface area contributed by atoms with Crippen molar-refractivity contribution in [1.82, 2.24) is 0 Å². The highest BCUT2D eigenvalue weighted by atomic mass is 79.9. The lowest BCUT2D eigenvalue weighted by molar-refractivity contribution is 0.414. The van der Waals surface area contributed by atoms with Crippen LogP contribution in [-0.2, 0) is 6.42 Å². The van der Waals surface area contributed by atoms with Crippen LogP contribution in [0.5, 0.6) is 5.75 Å². The van der Waals surface area contributed by atoms with Gasteiger partial charge >= 0.3 is 0 Å². The summed E-state index contributed by atoms with van der Waals surface area (Å²) in [5.41, 5.74) is 2.59. The van der Waals surface area contributed by atoms with Crippen LogP contribution in [0.25, 0.3) is 0 Å². The zero-order valence-electron chi connectivity index (χ0n) is 11.1. The third-order valence-corrected chi connectivity index (χ3v) is 5.33. The maximum absolute atomic E-state index is 5.31. The van der Waals surface area contributed by atoms with E-state index in [9.17, 15) is 0 Å². The number of methoxy groups -OCH3 is 1. The van der Waals surface area contributed by atoms with Gasteiger partial charge in [0.25, 0.3) is 0 Å². The van der Waals surface area contributed by atoms with E-state index in [4.69, 9.17) is 4.74 Å². The lowest BCUT2D eigenvalue weighted by atomic mass is 9.94. The topological polar surface area (TPSA) is 9.23 Å². The first-order valence-electron chi connectivity index (χ1n) is 6.28. The van der Waals surface area contributed by atoms with E-state index < -0.39 is 0 Å². The second-order valence-electron chi connectivity index (χ2n) is 4.56. The van der Waals surface area contributed by atoms with Crippen molar-refractivity contribution in [2.45, 2.75) is 12.3 Å². The molecule has 4 heteroatoms. The second-order valence-corrected chi connectivity index (χ2v) is 6.98.